The zero-order valence-electron chi connectivity index (χ0n) is 13.8. The van der Waals surface area contributed by atoms with Crippen molar-refractivity contribution in [1.82, 2.24) is 0 Å². The van der Waals surface area contributed by atoms with Crippen molar-refractivity contribution in [2.45, 2.75) is 20.0 Å². The van der Waals surface area contributed by atoms with E-state index in [4.69, 9.17) is 14.4 Å². The number of benzene rings is 1. The maximum absolute atomic E-state index is 13.4. The van der Waals surface area contributed by atoms with Crippen LogP contribution in [0.25, 0.3) is 11.0 Å². The minimum absolute atomic E-state index is 0.0842. The summed E-state index contributed by atoms with van der Waals surface area (Å²) in [6.45, 7) is 3.02. The fourth-order valence-electron chi connectivity index (χ4n) is 2.36. The Kier molecular flexibility index (Phi) is 4.73. The van der Waals surface area contributed by atoms with E-state index in [0.29, 0.717) is 27.1 Å². The van der Waals surface area contributed by atoms with Crippen LogP contribution in [0.5, 0.6) is 0 Å². The van der Waals surface area contributed by atoms with Crippen molar-refractivity contribution in [3.63, 3.8) is 0 Å². The molecule has 0 bridgehead atoms. The van der Waals surface area contributed by atoms with Gasteiger partial charge in [0.2, 0.25) is 5.76 Å². The van der Waals surface area contributed by atoms with Crippen molar-refractivity contribution in [1.29, 1.82) is 5.26 Å². The second-order valence-electron chi connectivity index (χ2n) is 5.51. The number of furan rings is 1. The number of aryl methyl sites for hydroxylation is 1. The van der Waals surface area contributed by atoms with Gasteiger partial charge in [-0.2, -0.15) is 5.26 Å². The first kappa shape index (κ1) is 17.6. The number of hydrogen-bond acceptors (Lipinski definition) is 6. The first-order chi connectivity index (χ1) is 12.4. The average molecular weight is 372 g/mol. The van der Waals surface area contributed by atoms with Crippen LogP contribution in [0.3, 0.4) is 0 Å². The fraction of sp³-hybridized carbons (Fsp3) is 0.167. The molecule has 1 amide bonds. The molecule has 0 radical (unpaired) electrons. The normalized spacial score (nSPS) is 11.8. The smallest absolute Gasteiger partial charge is 0.375 e. The van der Waals surface area contributed by atoms with Gasteiger partial charge < -0.3 is 14.5 Å². The second-order valence-corrected chi connectivity index (χ2v) is 6.42. The number of carbonyl (C=O) groups is 2. The highest BCUT2D eigenvalue weighted by Gasteiger charge is 2.25. The Morgan fingerprint density at radius 3 is 2.88 bits per heavy atom. The van der Waals surface area contributed by atoms with E-state index in [9.17, 15) is 14.0 Å². The molecule has 0 aliphatic rings. The molecule has 0 spiro atoms. The summed E-state index contributed by atoms with van der Waals surface area (Å²) in [7, 11) is 0. The first-order valence-electron chi connectivity index (χ1n) is 7.58. The fourth-order valence-corrected chi connectivity index (χ4v) is 3.10. The summed E-state index contributed by atoms with van der Waals surface area (Å²) in [5.74, 6) is -1.93. The van der Waals surface area contributed by atoms with Gasteiger partial charge in [-0.25, -0.2) is 9.18 Å². The Morgan fingerprint density at radius 2 is 2.15 bits per heavy atom. The molecule has 0 fully saturated rings. The van der Waals surface area contributed by atoms with Crippen molar-refractivity contribution in [2.75, 3.05) is 5.32 Å². The van der Waals surface area contributed by atoms with Gasteiger partial charge in [0.15, 0.2) is 6.10 Å². The lowest BCUT2D eigenvalue weighted by Gasteiger charge is -2.12. The van der Waals surface area contributed by atoms with E-state index in [1.807, 2.05) is 6.07 Å². The van der Waals surface area contributed by atoms with Crippen LogP contribution in [0.1, 0.15) is 28.6 Å². The molecule has 0 aliphatic carbocycles. The maximum atomic E-state index is 13.4. The van der Waals surface area contributed by atoms with E-state index in [1.165, 1.54) is 36.5 Å². The monoisotopic (exact) mass is 372 g/mol. The van der Waals surface area contributed by atoms with Gasteiger partial charge in [0, 0.05) is 10.9 Å². The highest BCUT2D eigenvalue weighted by molar-refractivity contribution is 7.14. The number of rotatable bonds is 4. The number of esters is 1. The van der Waals surface area contributed by atoms with Crippen LogP contribution in [0.2, 0.25) is 0 Å². The third kappa shape index (κ3) is 3.30. The molecule has 1 N–H and O–H groups in total. The molecule has 0 aliphatic heterocycles. The van der Waals surface area contributed by atoms with Crippen LogP contribution in [-0.4, -0.2) is 18.0 Å². The zero-order chi connectivity index (χ0) is 18.8. The molecule has 132 valence electrons. The quantitative estimate of drug-likeness (QED) is 0.699. The van der Waals surface area contributed by atoms with Crippen LogP contribution < -0.4 is 5.32 Å². The minimum atomic E-state index is -1.11. The lowest BCUT2D eigenvalue weighted by molar-refractivity contribution is -0.123. The van der Waals surface area contributed by atoms with E-state index in [0.717, 1.165) is 0 Å². The molecule has 0 saturated heterocycles. The number of carbonyl (C=O) groups excluding carboxylic acids is 2. The summed E-state index contributed by atoms with van der Waals surface area (Å²) in [6.07, 6.45) is -1.11. The number of anilines is 1. The highest BCUT2D eigenvalue weighted by Crippen LogP contribution is 2.27. The van der Waals surface area contributed by atoms with E-state index < -0.39 is 23.8 Å². The van der Waals surface area contributed by atoms with Gasteiger partial charge in [-0.1, -0.05) is 0 Å². The molecule has 3 aromatic rings. The van der Waals surface area contributed by atoms with Gasteiger partial charge in [0.25, 0.3) is 5.91 Å². The van der Waals surface area contributed by atoms with Gasteiger partial charge in [0.05, 0.1) is 5.56 Å². The molecule has 3 rings (SSSR count). The topological polar surface area (TPSA) is 92.3 Å². The van der Waals surface area contributed by atoms with Crippen LogP contribution in [0.4, 0.5) is 9.39 Å². The number of nitrogens with one attached hydrogen (secondary N) is 1. The minimum Gasteiger partial charge on any atom is -0.449 e. The van der Waals surface area contributed by atoms with Crippen LogP contribution in [0.15, 0.2) is 34.1 Å². The maximum Gasteiger partial charge on any atom is 0.375 e. The molecule has 1 aromatic carbocycles. The van der Waals surface area contributed by atoms with Crippen molar-refractivity contribution in [3.8, 4) is 6.07 Å². The van der Waals surface area contributed by atoms with Crippen molar-refractivity contribution < 1.29 is 23.1 Å². The molecule has 2 heterocycles. The van der Waals surface area contributed by atoms with E-state index >= 15 is 0 Å². The number of ether oxygens (including phenoxy) is 1. The second kappa shape index (κ2) is 6.98. The number of nitriles is 1. The Labute approximate surface area is 151 Å². The Balaban J connectivity index is 1.74. The summed E-state index contributed by atoms with van der Waals surface area (Å²) in [6, 6.07) is 7.45. The summed E-state index contributed by atoms with van der Waals surface area (Å²) < 4.78 is 23.9. The van der Waals surface area contributed by atoms with E-state index in [1.54, 1.807) is 18.4 Å². The molecule has 26 heavy (non-hydrogen) atoms. The summed E-state index contributed by atoms with van der Waals surface area (Å²) in [5, 5.41) is 14.0. The standard InChI is InChI=1S/C18H13FN2O4S/c1-9-13-7-12(19)3-4-14(13)25-15(9)18(23)24-10(2)16(22)21-17-11(8-20)5-6-26-17/h3-7,10H,1-2H3,(H,21,22)/t10-/m1/s1. The SMILES string of the molecule is Cc1c(C(=O)O[C@H](C)C(=O)Nc2sccc2C#N)oc2ccc(F)cc12. The molecule has 0 unspecified atom stereocenters. The van der Waals surface area contributed by atoms with E-state index in [-0.39, 0.29) is 5.76 Å². The molecule has 1 atom stereocenters. The zero-order valence-corrected chi connectivity index (χ0v) is 14.6. The van der Waals surface area contributed by atoms with Gasteiger partial charge in [-0.05, 0) is 43.5 Å². The van der Waals surface area contributed by atoms with E-state index in [2.05, 4.69) is 5.32 Å². The highest BCUT2D eigenvalue weighted by atomic mass is 32.1. The van der Waals surface area contributed by atoms with Crippen molar-refractivity contribution in [3.05, 3.63) is 52.3 Å². The summed E-state index contributed by atoms with van der Waals surface area (Å²) in [5.41, 5.74) is 1.12. The summed E-state index contributed by atoms with van der Waals surface area (Å²) in [4.78, 5) is 24.5. The molecule has 0 saturated carbocycles. The van der Waals surface area contributed by atoms with Crippen LogP contribution >= 0.6 is 11.3 Å². The number of halogens is 1. The number of nitrogens with zero attached hydrogens (tertiary/aromatic N) is 1. The first-order valence-corrected chi connectivity index (χ1v) is 8.46. The molecule has 2 aromatic heterocycles. The number of thiophene rings is 1. The van der Waals surface area contributed by atoms with Gasteiger partial charge >= 0.3 is 5.97 Å². The third-order valence-corrected chi connectivity index (χ3v) is 4.59. The molecule has 8 heteroatoms. The summed E-state index contributed by atoms with van der Waals surface area (Å²) >= 11 is 1.19. The lowest BCUT2D eigenvalue weighted by Crippen LogP contribution is -2.30. The number of hydrogen-bond donors (Lipinski definition) is 1. The molecular weight excluding hydrogens is 359 g/mol. The van der Waals surface area contributed by atoms with Crippen molar-refractivity contribution in [2.24, 2.45) is 0 Å². The molecular formula is C18H13FN2O4S. The Hall–Kier alpha value is -3.18. The van der Waals surface area contributed by atoms with Crippen LogP contribution in [0, 0.1) is 24.1 Å². The molecule has 6 nitrogen and oxygen atoms in total. The largest absolute Gasteiger partial charge is 0.449 e. The number of amides is 1. The van der Waals surface area contributed by atoms with Gasteiger partial charge in [-0.15, -0.1) is 11.3 Å². The Bertz CT molecular complexity index is 1050. The van der Waals surface area contributed by atoms with Crippen molar-refractivity contribution >= 4 is 39.2 Å². The third-order valence-electron chi connectivity index (χ3n) is 3.76. The average Bonchev–Trinajstić information content (AvgIpc) is 3.19. The number of fused-ring (bicyclic) bond motifs is 1. The predicted octanol–water partition coefficient (Wildman–Crippen LogP) is 4.00. The van der Waals surface area contributed by atoms with Crippen LogP contribution in [-0.2, 0) is 9.53 Å². The predicted molar refractivity (Wildman–Crippen MR) is 93.5 cm³/mol. The lowest BCUT2D eigenvalue weighted by atomic mass is 10.1. The Morgan fingerprint density at radius 1 is 1.38 bits per heavy atom. The van der Waals surface area contributed by atoms with Gasteiger partial charge in [-0.3, -0.25) is 4.79 Å². The van der Waals surface area contributed by atoms with Gasteiger partial charge in [0.1, 0.15) is 22.5 Å².